The van der Waals surface area contributed by atoms with Crippen molar-refractivity contribution < 1.29 is 9.72 Å². The van der Waals surface area contributed by atoms with Gasteiger partial charge >= 0.3 is 0 Å². The number of amides is 1. The standard InChI is InChI=1S/C14H17N3O3S2/c1-10-4-5-11(17(19)20)8-12(10)15-13(18)9-22-14(21)16-6-2-3-7-16/h4-5,8H,2-3,6-7,9H2,1H3,(H,15,18). The second kappa shape index (κ2) is 7.55. The van der Waals surface area contributed by atoms with Crippen LogP contribution in [-0.2, 0) is 4.79 Å². The van der Waals surface area contributed by atoms with Gasteiger partial charge < -0.3 is 10.2 Å². The maximum Gasteiger partial charge on any atom is 0.271 e. The molecule has 0 atom stereocenters. The number of nitrogens with zero attached hydrogens (tertiary/aromatic N) is 2. The lowest BCUT2D eigenvalue weighted by Crippen LogP contribution is -2.25. The lowest BCUT2D eigenvalue weighted by atomic mass is 10.2. The average molecular weight is 339 g/mol. The van der Waals surface area contributed by atoms with E-state index in [1.165, 1.54) is 23.9 Å². The van der Waals surface area contributed by atoms with Crippen LogP contribution in [0.4, 0.5) is 11.4 Å². The van der Waals surface area contributed by atoms with Crippen LogP contribution in [0.2, 0.25) is 0 Å². The molecule has 1 heterocycles. The molecule has 1 N–H and O–H groups in total. The Kier molecular flexibility index (Phi) is 5.73. The predicted octanol–water partition coefficient (Wildman–Crippen LogP) is 2.96. The van der Waals surface area contributed by atoms with E-state index in [-0.39, 0.29) is 17.3 Å². The fourth-order valence-corrected chi connectivity index (χ4v) is 3.21. The van der Waals surface area contributed by atoms with E-state index < -0.39 is 4.92 Å². The number of thioether (sulfide) groups is 1. The molecule has 1 aliphatic rings. The molecule has 0 aromatic heterocycles. The molecule has 2 rings (SSSR count). The van der Waals surface area contributed by atoms with Crippen molar-refractivity contribution in [3.05, 3.63) is 33.9 Å². The number of likely N-dealkylation sites (tertiary alicyclic amines) is 1. The Bertz CT molecular complexity index is 601. The number of nitro benzene ring substituents is 1. The molecular weight excluding hydrogens is 322 g/mol. The number of hydrogen-bond donors (Lipinski definition) is 1. The maximum atomic E-state index is 12.0. The first kappa shape index (κ1) is 16.7. The van der Waals surface area contributed by atoms with Gasteiger partial charge in [0.1, 0.15) is 4.32 Å². The molecule has 0 bridgehead atoms. The lowest BCUT2D eigenvalue weighted by molar-refractivity contribution is -0.384. The minimum atomic E-state index is -0.480. The molecule has 0 spiro atoms. The van der Waals surface area contributed by atoms with Gasteiger partial charge in [0, 0.05) is 25.2 Å². The summed E-state index contributed by atoms with van der Waals surface area (Å²) in [6, 6.07) is 4.41. The summed E-state index contributed by atoms with van der Waals surface area (Å²) in [5, 5.41) is 13.5. The molecule has 1 aliphatic heterocycles. The molecule has 0 aliphatic carbocycles. The van der Waals surface area contributed by atoms with Crippen molar-refractivity contribution in [1.82, 2.24) is 4.90 Å². The summed E-state index contributed by atoms with van der Waals surface area (Å²) < 4.78 is 0.739. The normalized spacial score (nSPS) is 14.0. The van der Waals surface area contributed by atoms with E-state index >= 15 is 0 Å². The van der Waals surface area contributed by atoms with E-state index in [1.807, 2.05) is 0 Å². The van der Waals surface area contributed by atoms with Crippen molar-refractivity contribution in [2.75, 3.05) is 24.2 Å². The van der Waals surface area contributed by atoms with Crippen molar-refractivity contribution >= 4 is 45.6 Å². The van der Waals surface area contributed by atoms with E-state index in [2.05, 4.69) is 10.2 Å². The molecule has 8 heteroatoms. The zero-order valence-electron chi connectivity index (χ0n) is 12.2. The van der Waals surface area contributed by atoms with Crippen LogP contribution in [0, 0.1) is 17.0 Å². The molecule has 22 heavy (non-hydrogen) atoms. The third-order valence-electron chi connectivity index (χ3n) is 3.40. The van der Waals surface area contributed by atoms with Gasteiger partial charge in [-0.1, -0.05) is 30.0 Å². The Hall–Kier alpha value is -1.67. The van der Waals surface area contributed by atoms with E-state index in [1.54, 1.807) is 13.0 Å². The summed E-state index contributed by atoms with van der Waals surface area (Å²) >= 11 is 6.63. The van der Waals surface area contributed by atoms with E-state index in [4.69, 9.17) is 12.2 Å². The number of non-ortho nitro benzene ring substituents is 1. The number of carbonyl (C=O) groups excluding carboxylic acids is 1. The van der Waals surface area contributed by atoms with Gasteiger partial charge in [0.2, 0.25) is 5.91 Å². The molecule has 1 aromatic carbocycles. The lowest BCUT2D eigenvalue weighted by Gasteiger charge is -2.17. The summed E-state index contributed by atoms with van der Waals surface area (Å²) in [6.45, 7) is 3.70. The number of thiocarbonyl (C=S) groups is 1. The smallest absolute Gasteiger partial charge is 0.271 e. The Labute approximate surface area is 138 Å². The summed E-state index contributed by atoms with van der Waals surface area (Å²) in [5.41, 5.74) is 1.21. The first-order chi connectivity index (χ1) is 10.5. The quantitative estimate of drug-likeness (QED) is 0.516. The largest absolute Gasteiger partial charge is 0.358 e. The van der Waals surface area contributed by atoms with Crippen LogP contribution in [0.15, 0.2) is 18.2 Å². The summed E-state index contributed by atoms with van der Waals surface area (Å²) in [6.07, 6.45) is 2.28. The molecule has 6 nitrogen and oxygen atoms in total. The molecule has 1 aromatic rings. The van der Waals surface area contributed by atoms with Crippen LogP contribution in [0.5, 0.6) is 0 Å². The average Bonchev–Trinajstić information content (AvgIpc) is 3.01. The maximum absolute atomic E-state index is 12.0. The number of benzene rings is 1. The Morgan fingerprint density at radius 3 is 2.77 bits per heavy atom. The van der Waals surface area contributed by atoms with Crippen LogP contribution >= 0.6 is 24.0 Å². The highest BCUT2D eigenvalue weighted by Crippen LogP contribution is 2.22. The highest BCUT2D eigenvalue weighted by molar-refractivity contribution is 8.23. The number of anilines is 1. The summed E-state index contributed by atoms with van der Waals surface area (Å²) in [7, 11) is 0. The van der Waals surface area contributed by atoms with Crippen LogP contribution in [0.3, 0.4) is 0 Å². The zero-order valence-corrected chi connectivity index (χ0v) is 13.8. The Balaban J connectivity index is 1.90. The van der Waals surface area contributed by atoms with E-state index in [9.17, 15) is 14.9 Å². The van der Waals surface area contributed by atoms with E-state index in [0.29, 0.717) is 5.69 Å². The minimum Gasteiger partial charge on any atom is -0.358 e. The molecule has 1 fully saturated rings. The van der Waals surface area contributed by atoms with Crippen molar-refractivity contribution in [2.45, 2.75) is 19.8 Å². The van der Waals surface area contributed by atoms with Crippen molar-refractivity contribution in [3.63, 3.8) is 0 Å². The molecule has 118 valence electrons. The second-order valence-corrected chi connectivity index (χ2v) is 6.66. The third kappa shape index (κ3) is 4.41. The Morgan fingerprint density at radius 2 is 2.14 bits per heavy atom. The van der Waals surface area contributed by atoms with Gasteiger partial charge in [-0.15, -0.1) is 0 Å². The number of nitro groups is 1. The number of nitrogens with one attached hydrogen (secondary N) is 1. The van der Waals surface area contributed by atoms with Crippen LogP contribution in [0.1, 0.15) is 18.4 Å². The SMILES string of the molecule is Cc1ccc([N+](=O)[O-])cc1NC(=O)CSC(=S)N1CCCC1. The van der Waals surface area contributed by atoms with Gasteiger partial charge in [-0.3, -0.25) is 14.9 Å². The molecule has 1 saturated heterocycles. The number of aryl methyl sites for hydroxylation is 1. The van der Waals surface area contributed by atoms with Crippen molar-refractivity contribution in [1.29, 1.82) is 0 Å². The first-order valence-corrected chi connectivity index (χ1v) is 8.33. The van der Waals surface area contributed by atoms with Crippen LogP contribution < -0.4 is 5.32 Å². The number of carbonyl (C=O) groups is 1. The van der Waals surface area contributed by atoms with Gasteiger partial charge in [-0.25, -0.2) is 0 Å². The Morgan fingerprint density at radius 1 is 1.45 bits per heavy atom. The monoisotopic (exact) mass is 339 g/mol. The van der Waals surface area contributed by atoms with Crippen molar-refractivity contribution in [2.24, 2.45) is 0 Å². The summed E-state index contributed by atoms with van der Waals surface area (Å²) in [4.78, 5) is 24.4. The van der Waals surface area contributed by atoms with Gasteiger partial charge in [0.25, 0.3) is 5.69 Å². The van der Waals surface area contributed by atoms with Crippen LogP contribution in [0.25, 0.3) is 0 Å². The zero-order chi connectivity index (χ0) is 16.1. The molecule has 0 saturated carbocycles. The third-order valence-corrected chi connectivity index (χ3v) is 4.92. The highest BCUT2D eigenvalue weighted by Gasteiger charge is 2.17. The molecule has 1 amide bonds. The highest BCUT2D eigenvalue weighted by atomic mass is 32.2. The van der Waals surface area contributed by atoms with Gasteiger partial charge in [0.15, 0.2) is 0 Å². The minimum absolute atomic E-state index is 0.0406. The number of rotatable bonds is 4. The van der Waals surface area contributed by atoms with E-state index in [0.717, 1.165) is 35.8 Å². The van der Waals surface area contributed by atoms with Crippen LogP contribution in [-0.4, -0.2) is 38.9 Å². The summed E-state index contributed by atoms with van der Waals surface area (Å²) in [5.74, 6) is -0.00701. The van der Waals surface area contributed by atoms with Gasteiger partial charge in [-0.05, 0) is 25.3 Å². The number of hydrogen-bond acceptors (Lipinski definition) is 5. The fourth-order valence-electron chi connectivity index (χ4n) is 2.16. The first-order valence-electron chi connectivity index (χ1n) is 6.94. The molecular formula is C14H17N3O3S2. The van der Waals surface area contributed by atoms with Crippen molar-refractivity contribution in [3.8, 4) is 0 Å². The van der Waals surface area contributed by atoms with Gasteiger partial charge in [0.05, 0.1) is 16.4 Å². The second-order valence-electron chi connectivity index (χ2n) is 5.05. The molecule has 0 radical (unpaired) electrons. The predicted molar refractivity (Wildman–Crippen MR) is 92.3 cm³/mol. The topological polar surface area (TPSA) is 75.5 Å². The van der Waals surface area contributed by atoms with Gasteiger partial charge in [-0.2, -0.15) is 0 Å². The fraction of sp³-hybridized carbons (Fsp3) is 0.429. The molecule has 0 unspecified atom stereocenters.